The molecular formula is C18H26ClN5O2S. The van der Waals surface area contributed by atoms with Crippen molar-refractivity contribution in [3.8, 4) is 0 Å². The van der Waals surface area contributed by atoms with Crippen LogP contribution in [0.3, 0.4) is 0 Å². The maximum Gasteiger partial charge on any atom is 0.230 e. The van der Waals surface area contributed by atoms with Gasteiger partial charge in [-0.15, -0.1) is 0 Å². The van der Waals surface area contributed by atoms with E-state index in [9.17, 15) is 9.59 Å². The SMILES string of the molecule is CCCNC(=O)CSc1nc(Cl)cc(N2CCN(C(=O)C3CC3)[C@@H](C)C2)n1. The Bertz CT molecular complexity index is 700. The Hall–Kier alpha value is -1.54. The molecule has 1 atom stereocenters. The third kappa shape index (κ3) is 5.48. The van der Waals surface area contributed by atoms with E-state index < -0.39 is 0 Å². The molecule has 3 rings (SSSR count). The first-order chi connectivity index (χ1) is 13.0. The van der Waals surface area contributed by atoms with Gasteiger partial charge in [0, 0.05) is 44.2 Å². The largest absolute Gasteiger partial charge is 0.355 e. The monoisotopic (exact) mass is 411 g/mol. The summed E-state index contributed by atoms with van der Waals surface area (Å²) in [5.41, 5.74) is 0. The van der Waals surface area contributed by atoms with Gasteiger partial charge in [0.05, 0.1) is 5.75 Å². The minimum absolute atomic E-state index is 0.0344. The average molecular weight is 412 g/mol. The standard InChI is InChI=1S/C18H26ClN5O2S/c1-3-6-20-16(25)11-27-18-21-14(19)9-15(22-18)23-7-8-24(12(2)10-23)17(26)13-4-5-13/h9,12-13H,3-8,10-11H2,1-2H3,(H,20,25)/t12-/m0/s1. The van der Waals surface area contributed by atoms with Crippen LogP contribution in [0.1, 0.15) is 33.1 Å². The fourth-order valence-corrected chi connectivity index (χ4v) is 4.03. The van der Waals surface area contributed by atoms with Gasteiger partial charge < -0.3 is 15.1 Å². The Morgan fingerprint density at radius 1 is 1.33 bits per heavy atom. The number of thioether (sulfide) groups is 1. The highest BCUT2D eigenvalue weighted by Gasteiger charge is 2.37. The van der Waals surface area contributed by atoms with E-state index in [4.69, 9.17) is 11.6 Å². The molecule has 2 amide bonds. The molecule has 0 unspecified atom stereocenters. The number of nitrogens with zero attached hydrogens (tertiary/aromatic N) is 4. The van der Waals surface area contributed by atoms with E-state index in [1.165, 1.54) is 11.8 Å². The summed E-state index contributed by atoms with van der Waals surface area (Å²) in [4.78, 5) is 37.1. The molecule has 1 aliphatic carbocycles. The second kappa shape index (κ2) is 9.10. The van der Waals surface area contributed by atoms with Crippen molar-refractivity contribution >= 4 is 41.0 Å². The van der Waals surface area contributed by atoms with E-state index in [1.54, 1.807) is 6.07 Å². The van der Waals surface area contributed by atoms with Crippen molar-refractivity contribution in [1.82, 2.24) is 20.2 Å². The minimum Gasteiger partial charge on any atom is -0.355 e. The summed E-state index contributed by atoms with van der Waals surface area (Å²) >= 11 is 7.46. The van der Waals surface area contributed by atoms with Gasteiger partial charge in [0.1, 0.15) is 11.0 Å². The van der Waals surface area contributed by atoms with Crippen LogP contribution in [0.25, 0.3) is 0 Å². The van der Waals surface area contributed by atoms with Crippen LogP contribution < -0.4 is 10.2 Å². The van der Waals surface area contributed by atoms with Gasteiger partial charge in [0.25, 0.3) is 0 Å². The molecule has 2 heterocycles. The summed E-state index contributed by atoms with van der Waals surface area (Å²) in [6, 6.07) is 1.88. The normalized spacial score (nSPS) is 19.9. The van der Waals surface area contributed by atoms with Crippen LogP contribution in [-0.4, -0.2) is 64.7 Å². The van der Waals surface area contributed by atoms with Crippen molar-refractivity contribution in [2.24, 2.45) is 5.92 Å². The predicted molar refractivity (Wildman–Crippen MR) is 107 cm³/mol. The van der Waals surface area contributed by atoms with E-state index in [2.05, 4.69) is 27.1 Å². The van der Waals surface area contributed by atoms with E-state index in [0.717, 1.165) is 31.6 Å². The van der Waals surface area contributed by atoms with Crippen LogP contribution in [0.2, 0.25) is 5.15 Å². The summed E-state index contributed by atoms with van der Waals surface area (Å²) in [5, 5.41) is 3.69. The zero-order valence-electron chi connectivity index (χ0n) is 15.8. The number of hydrogen-bond acceptors (Lipinski definition) is 6. The van der Waals surface area contributed by atoms with Crippen LogP contribution >= 0.6 is 23.4 Å². The summed E-state index contributed by atoms with van der Waals surface area (Å²) in [5.74, 6) is 1.51. The quantitative estimate of drug-likeness (QED) is 0.421. The number of amides is 2. The molecule has 27 heavy (non-hydrogen) atoms. The molecule has 1 aliphatic heterocycles. The molecule has 1 saturated carbocycles. The highest BCUT2D eigenvalue weighted by molar-refractivity contribution is 7.99. The summed E-state index contributed by atoms with van der Waals surface area (Å²) in [6.45, 7) is 6.88. The van der Waals surface area contributed by atoms with Gasteiger partial charge in [-0.05, 0) is 26.2 Å². The van der Waals surface area contributed by atoms with Crippen LogP contribution in [0, 0.1) is 5.92 Å². The fraction of sp³-hybridized carbons (Fsp3) is 0.667. The molecule has 7 nitrogen and oxygen atoms in total. The lowest BCUT2D eigenvalue weighted by Crippen LogP contribution is -2.54. The fourth-order valence-electron chi connectivity index (χ4n) is 3.12. The van der Waals surface area contributed by atoms with Crippen molar-refractivity contribution < 1.29 is 9.59 Å². The highest BCUT2D eigenvalue weighted by atomic mass is 35.5. The number of rotatable bonds is 7. The third-order valence-corrected chi connectivity index (χ3v) is 5.77. The van der Waals surface area contributed by atoms with Crippen LogP contribution in [0.5, 0.6) is 0 Å². The van der Waals surface area contributed by atoms with Gasteiger partial charge in [0.2, 0.25) is 11.8 Å². The van der Waals surface area contributed by atoms with Crippen molar-refractivity contribution in [3.05, 3.63) is 11.2 Å². The van der Waals surface area contributed by atoms with Gasteiger partial charge in [-0.2, -0.15) is 0 Å². The van der Waals surface area contributed by atoms with Gasteiger partial charge in [-0.25, -0.2) is 9.97 Å². The van der Waals surface area contributed by atoms with Crippen LogP contribution in [-0.2, 0) is 9.59 Å². The second-order valence-electron chi connectivity index (χ2n) is 7.07. The highest BCUT2D eigenvalue weighted by Crippen LogP contribution is 2.32. The second-order valence-corrected chi connectivity index (χ2v) is 8.40. The van der Waals surface area contributed by atoms with E-state index in [-0.39, 0.29) is 29.5 Å². The summed E-state index contributed by atoms with van der Waals surface area (Å²) in [7, 11) is 0. The molecular weight excluding hydrogens is 386 g/mol. The van der Waals surface area contributed by atoms with E-state index >= 15 is 0 Å². The number of carbonyl (C=O) groups excluding carboxylic acids is 2. The smallest absolute Gasteiger partial charge is 0.230 e. The molecule has 1 N–H and O–H groups in total. The molecule has 9 heteroatoms. The number of hydrogen-bond donors (Lipinski definition) is 1. The maximum atomic E-state index is 12.4. The molecule has 1 aromatic rings. The number of halogens is 1. The molecule has 0 aromatic carbocycles. The van der Waals surface area contributed by atoms with Crippen LogP contribution in [0.4, 0.5) is 5.82 Å². The topological polar surface area (TPSA) is 78.4 Å². The minimum atomic E-state index is -0.0344. The number of carbonyl (C=O) groups is 2. The first-order valence-electron chi connectivity index (χ1n) is 9.47. The lowest BCUT2D eigenvalue weighted by atomic mass is 10.1. The number of aromatic nitrogens is 2. The number of piperazine rings is 1. The number of nitrogens with one attached hydrogen (secondary N) is 1. The van der Waals surface area contributed by atoms with Gasteiger partial charge in [0.15, 0.2) is 5.16 Å². The first kappa shape index (κ1) is 20.2. The molecule has 2 fully saturated rings. The third-order valence-electron chi connectivity index (χ3n) is 4.73. The predicted octanol–water partition coefficient (Wildman–Crippen LogP) is 2.20. The van der Waals surface area contributed by atoms with Crippen molar-refractivity contribution in [2.75, 3.05) is 36.8 Å². The Morgan fingerprint density at radius 3 is 2.78 bits per heavy atom. The van der Waals surface area contributed by atoms with E-state index in [0.29, 0.717) is 29.9 Å². The zero-order valence-corrected chi connectivity index (χ0v) is 17.4. The molecule has 1 aromatic heterocycles. The van der Waals surface area contributed by atoms with E-state index in [1.807, 2.05) is 11.8 Å². The zero-order chi connectivity index (χ0) is 19.4. The number of anilines is 1. The Kier molecular flexibility index (Phi) is 6.81. The molecule has 0 bridgehead atoms. The van der Waals surface area contributed by atoms with Gasteiger partial charge >= 0.3 is 0 Å². The lowest BCUT2D eigenvalue weighted by molar-refractivity contribution is -0.135. The Morgan fingerprint density at radius 2 is 2.11 bits per heavy atom. The molecule has 0 radical (unpaired) electrons. The summed E-state index contributed by atoms with van der Waals surface area (Å²) < 4.78 is 0. The lowest BCUT2D eigenvalue weighted by Gasteiger charge is -2.40. The Balaban J connectivity index is 1.60. The maximum absolute atomic E-state index is 12.4. The molecule has 0 spiro atoms. The van der Waals surface area contributed by atoms with Crippen molar-refractivity contribution in [2.45, 2.75) is 44.3 Å². The Labute approximate surface area is 169 Å². The van der Waals surface area contributed by atoms with Gasteiger partial charge in [-0.3, -0.25) is 9.59 Å². The van der Waals surface area contributed by atoms with Crippen molar-refractivity contribution in [3.63, 3.8) is 0 Å². The van der Waals surface area contributed by atoms with Crippen molar-refractivity contribution in [1.29, 1.82) is 0 Å². The first-order valence-corrected chi connectivity index (χ1v) is 10.8. The molecule has 2 aliphatic rings. The summed E-state index contributed by atoms with van der Waals surface area (Å²) in [6.07, 6.45) is 2.96. The van der Waals surface area contributed by atoms with Crippen LogP contribution in [0.15, 0.2) is 11.2 Å². The van der Waals surface area contributed by atoms with Gasteiger partial charge in [-0.1, -0.05) is 30.3 Å². The molecule has 1 saturated heterocycles. The average Bonchev–Trinajstić information content (AvgIpc) is 3.49. The molecule has 148 valence electrons.